The molecule has 0 aliphatic carbocycles. The van der Waals surface area contributed by atoms with Gasteiger partial charge in [-0.25, -0.2) is 9.79 Å². The summed E-state index contributed by atoms with van der Waals surface area (Å²) in [6.45, 7) is 0.479. The van der Waals surface area contributed by atoms with E-state index in [2.05, 4.69) is 97.0 Å². The van der Waals surface area contributed by atoms with Crippen LogP contribution in [0, 0.1) is 10.7 Å². The Morgan fingerprint density at radius 3 is 2.28 bits per heavy atom. The van der Waals surface area contributed by atoms with Gasteiger partial charge in [0.05, 0.1) is 17.2 Å². The number of carbonyl (C=O) groups is 1. The smallest absolute Gasteiger partial charge is 0.363 e. The Labute approximate surface area is 235 Å². The van der Waals surface area contributed by atoms with E-state index >= 15 is 0 Å². The Kier molecular flexibility index (Phi) is 8.01. The molecule has 32 heavy (non-hydrogen) atoms. The highest BCUT2D eigenvalue weighted by Crippen LogP contribution is 2.31. The summed E-state index contributed by atoms with van der Waals surface area (Å²) in [5, 5.41) is 0.787. The molecule has 162 valence electrons. The van der Waals surface area contributed by atoms with Crippen molar-refractivity contribution in [2.45, 2.75) is 6.61 Å². The number of hydrogen-bond donors (Lipinski definition) is 0. The van der Waals surface area contributed by atoms with Crippen LogP contribution in [0.25, 0.3) is 6.08 Å². The first kappa shape index (κ1) is 24.2. The number of ether oxygens (including phenoxy) is 2. The molecule has 0 aromatic heterocycles. The molecule has 1 aliphatic rings. The van der Waals surface area contributed by atoms with Crippen LogP contribution < -0.4 is 4.74 Å². The highest BCUT2D eigenvalue weighted by molar-refractivity contribution is 14.1. The molecular weight excluding hydrogens is 790 g/mol. The summed E-state index contributed by atoms with van der Waals surface area (Å²) in [7, 11) is 0. The number of cyclic esters (lactones) is 1. The molecule has 0 amide bonds. The van der Waals surface area contributed by atoms with Gasteiger partial charge in [0.15, 0.2) is 5.70 Å². The fourth-order valence-corrected chi connectivity index (χ4v) is 5.64. The second-order valence-corrected chi connectivity index (χ2v) is 11.1. The fourth-order valence-electron chi connectivity index (χ4n) is 2.86. The minimum absolute atomic E-state index is 0.196. The maximum absolute atomic E-state index is 12.3. The number of hydrogen-bond acceptors (Lipinski definition) is 4. The van der Waals surface area contributed by atoms with E-state index in [1.807, 2.05) is 12.1 Å². The molecule has 1 aliphatic heterocycles. The lowest BCUT2D eigenvalue weighted by atomic mass is 10.2. The second kappa shape index (κ2) is 10.6. The van der Waals surface area contributed by atoms with Gasteiger partial charge in [0.2, 0.25) is 5.90 Å². The minimum Gasteiger partial charge on any atom is -0.487 e. The van der Waals surface area contributed by atoms with Crippen LogP contribution in [0.4, 0.5) is 0 Å². The van der Waals surface area contributed by atoms with Crippen LogP contribution in [0.2, 0.25) is 10.0 Å². The maximum atomic E-state index is 12.3. The molecular formula is C23H12Cl2I3NO3. The van der Waals surface area contributed by atoms with Gasteiger partial charge in [-0.2, -0.15) is 0 Å². The third kappa shape index (κ3) is 5.78. The number of halogens is 5. The van der Waals surface area contributed by atoms with Gasteiger partial charge in [0, 0.05) is 9.13 Å². The third-order valence-electron chi connectivity index (χ3n) is 4.41. The van der Waals surface area contributed by atoms with Crippen molar-refractivity contribution in [3.63, 3.8) is 0 Å². The molecule has 0 atom stereocenters. The van der Waals surface area contributed by atoms with Crippen LogP contribution in [0.1, 0.15) is 16.7 Å². The Balaban J connectivity index is 1.55. The number of nitrogens with zero attached hydrogens (tertiary/aromatic N) is 1. The van der Waals surface area contributed by atoms with E-state index in [-0.39, 0.29) is 11.6 Å². The molecule has 9 heteroatoms. The van der Waals surface area contributed by atoms with Crippen LogP contribution in [0.5, 0.6) is 5.75 Å². The zero-order valence-electron chi connectivity index (χ0n) is 16.0. The summed E-state index contributed by atoms with van der Waals surface area (Å²) in [5.41, 5.74) is 2.72. The van der Waals surface area contributed by atoms with Crippen molar-refractivity contribution in [2.24, 2.45) is 4.99 Å². The monoisotopic (exact) mass is 801 g/mol. The van der Waals surface area contributed by atoms with Gasteiger partial charge in [-0.15, -0.1) is 0 Å². The van der Waals surface area contributed by atoms with Crippen molar-refractivity contribution in [3.8, 4) is 5.75 Å². The van der Waals surface area contributed by atoms with Crippen LogP contribution >= 0.6 is 91.0 Å². The number of aliphatic imine (C=N–C) groups is 1. The van der Waals surface area contributed by atoms with Crippen molar-refractivity contribution in [1.29, 1.82) is 0 Å². The van der Waals surface area contributed by atoms with Crippen LogP contribution in [0.3, 0.4) is 0 Å². The van der Waals surface area contributed by atoms with Gasteiger partial charge in [-0.3, -0.25) is 0 Å². The molecule has 0 spiro atoms. The van der Waals surface area contributed by atoms with E-state index in [0.717, 1.165) is 24.0 Å². The molecule has 0 radical (unpaired) electrons. The maximum Gasteiger partial charge on any atom is 0.363 e. The van der Waals surface area contributed by atoms with Crippen molar-refractivity contribution < 1.29 is 14.3 Å². The largest absolute Gasteiger partial charge is 0.487 e. The molecule has 0 bridgehead atoms. The van der Waals surface area contributed by atoms with E-state index in [0.29, 0.717) is 22.2 Å². The average Bonchev–Trinajstić information content (AvgIpc) is 3.11. The minimum atomic E-state index is -0.518. The molecule has 4 rings (SSSR count). The van der Waals surface area contributed by atoms with Crippen molar-refractivity contribution in [2.75, 3.05) is 0 Å². The molecule has 0 N–H and O–H groups in total. The summed E-state index contributed by atoms with van der Waals surface area (Å²) in [5.74, 6) is 0.484. The van der Waals surface area contributed by atoms with E-state index in [1.165, 1.54) is 3.57 Å². The summed E-state index contributed by atoms with van der Waals surface area (Å²) in [4.78, 5) is 16.7. The Morgan fingerprint density at radius 2 is 1.62 bits per heavy atom. The van der Waals surface area contributed by atoms with E-state index in [4.69, 9.17) is 32.7 Å². The van der Waals surface area contributed by atoms with Crippen molar-refractivity contribution in [1.82, 2.24) is 0 Å². The van der Waals surface area contributed by atoms with Gasteiger partial charge in [-0.1, -0.05) is 35.3 Å². The number of esters is 1. The van der Waals surface area contributed by atoms with Crippen LogP contribution in [-0.4, -0.2) is 11.9 Å². The first-order valence-corrected chi connectivity index (χ1v) is 13.1. The molecule has 4 nitrogen and oxygen atoms in total. The van der Waals surface area contributed by atoms with Gasteiger partial charge >= 0.3 is 5.97 Å². The lowest BCUT2D eigenvalue weighted by Gasteiger charge is -2.11. The van der Waals surface area contributed by atoms with E-state index in [9.17, 15) is 4.79 Å². The predicted octanol–water partition coefficient (Wildman–Crippen LogP) is 7.73. The van der Waals surface area contributed by atoms with E-state index < -0.39 is 5.97 Å². The number of rotatable bonds is 5. The van der Waals surface area contributed by atoms with Crippen LogP contribution in [0.15, 0.2) is 65.3 Å². The van der Waals surface area contributed by atoms with Gasteiger partial charge in [-0.05, 0) is 127 Å². The lowest BCUT2D eigenvalue weighted by Crippen LogP contribution is -2.05. The molecule has 0 saturated carbocycles. The number of benzene rings is 3. The molecule has 1 heterocycles. The fraction of sp³-hybridized carbons (Fsp3) is 0.0435. The zero-order valence-corrected chi connectivity index (χ0v) is 24.0. The summed E-state index contributed by atoms with van der Waals surface area (Å²) in [6.07, 6.45) is 1.69. The highest BCUT2D eigenvalue weighted by Gasteiger charge is 2.25. The van der Waals surface area contributed by atoms with Gasteiger partial charge < -0.3 is 9.47 Å². The van der Waals surface area contributed by atoms with Crippen molar-refractivity contribution >= 4 is 109 Å². The van der Waals surface area contributed by atoms with Crippen molar-refractivity contribution in [3.05, 3.63) is 97.7 Å². The Morgan fingerprint density at radius 1 is 0.938 bits per heavy atom. The summed E-state index contributed by atoms with van der Waals surface area (Å²) in [6, 6.07) is 17.1. The first-order chi connectivity index (χ1) is 15.3. The Hall–Kier alpha value is -0.890. The molecule has 0 saturated heterocycles. The first-order valence-electron chi connectivity index (χ1n) is 9.14. The predicted molar refractivity (Wildman–Crippen MR) is 152 cm³/mol. The highest BCUT2D eigenvalue weighted by atomic mass is 127. The van der Waals surface area contributed by atoms with Gasteiger partial charge in [0.1, 0.15) is 12.4 Å². The second-order valence-electron chi connectivity index (χ2n) is 6.69. The summed E-state index contributed by atoms with van der Waals surface area (Å²) < 4.78 is 14.4. The molecule has 0 fully saturated rings. The molecule has 3 aromatic rings. The summed E-state index contributed by atoms with van der Waals surface area (Å²) >= 11 is 18.8. The quantitative estimate of drug-likeness (QED) is 0.151. The zero-order chi connectivity index (χ0) is 22.8. The Bertz CT molecular complexity index is 1250. The SMILES string of the molecule is O=C1OC(c2ccc(Cl)c(Cl)c2)=N/C1=C\c1cc(I)c(OCc2ccc(I)cc2)c(I)c1. The normalized spacial score (nSPS) is 14.5. The third-order valence-corrected chi connectivity index (χ3v) is 7.47. The van der Waals surface area contributed by atoms with E-state index in [1.54, 1.807) is 24.3 Å². The topological polar surface area (TPSA) is 47.9 Å². The standard InChI is InChI=1S/C23H12Cl2I3NO3/c24-16-6-3-14(10-17(16)25)22-29-20(23(30)32-22)9-13-7-18(27)21(19(28)8-13)31-11-12-1-4-15(26)5-2-12/h1-10H,11H2/b20-9-. The number of carbonyl (C=O) groups excluding carboxylic acids is 1. The average molecular weight is 802 g/mol. The molecule has 0 unspecified atom stereocenters. The molecule has 3 aromatic carbocycles. The lowest BCUT2D eigenvalue weighted by molar-refractivity contribution is -0.129. The van der Waals surface area contributed by atoms with Gasteiger partial charge in [0.25, 0.3) is 0 Å². The van der Waals surface area contributed by atoms with Crippen LogP contribution in [-0.2, 0) is 16.1 Å².